The molecule has 1 aliphatic rings. The Balaban J connectivity index is 2.07. The molecule has 2 rings (SSSR count). The molecule has 0 spiro atoms. The fourth-order valence-corrected chi connectivity index (χ4v) is 2.97. The summed E-state index contributed by atoms with van der Waals surface area (Å²) < 4.78 is 5.06. The molecule has 0 N–H and O–H groups in total. The van der Waals surface area contributed by atoms with Crippen LogP contribution in [0.15, 0.2) is 11.4 Å². The van der Waals surface area contributed by atoms with E-state index in [0.717, 1.165) is 30.1 Å². The van der Waals surface area contributed by atoms with Gasteiger partial charge < -0.3 is 9.64 Å². The topological polar surface area (TPSA) is 29.5 Å². The third kappa shape index (κ3) is 2.34. The van der Waals surface area contributed by atoms with Crippen LogP contribution in [0.25, 0.3) is 0 Å². The zero-order valence-electron chi connectivity index (χ0n) is 8.40. The number of hydrogen-bond acceptors (Lipinski definition) is 3. The van der Waals surface area contributed by atoms with E-state index in [2.05, 4.69) is 15.9 Å². The van der Waals surface area contributed by atoms with Crippen LogP contribution in [0.1, 0.15) is 16.1 Å². The van der Waals surface area contributed by atoms with Crippen LogP contribution >= 0.6 is 27.3 Å². The number of methoxy groups -OCH3 is 1. The third-order valence-electron chi connectivity index (χ3n) is 2.44. The van der Waals surface area contributed by atoms with Crippen LogP contribution in [-0.4, -0.2) is 35.8 Å². The van der Waals surface area contributed by atoms with E-state index in [0.29, 0.717) is 4.83 Å². The summed E-state index contributed by atoms with van der Waals surface area (Å²) in [6.45, 7) is 1.65. The molecule has 0 aromatic carbocycles. The summed E-state index contributed by atoms with van der Waals surface area (Å²) >= 11 is 4.96. The summed E-state index contributed by atoms with van der Waals surface area (Å²) in [4.78, 5) is 15.1. The first kappa shape index (κ1) is 11.0. The second kappa shape index (κ2) is 4.53. The van der Waals surface area contributed by atoms with E-state index in [-0.39, 0.29) is 5.91 Å². The van der Waals surface area contributed by atoms with Gasteiger partial charge in [-0.25, -0.2) is 0 Å². The molecule has 1 atom stereocenters. The Morgan fingerprint density at radius 2 is 2.53 bits per heavy atom. The summed E-state index contributed by atoms with van der Waals surface area (Å²) in [6, 6.07) is 1.80. The highest BCUT2D eigenvalue weighted by atomic mass is 79.9. The van der Waals surface area contributed by atoms with Gasteiger partial charge in [0.15, 0.2) is 0 Å². The molecule has 0 saturated carbocycles. The van der Waals surface area contributed by atoms with Gasteiger partial charge in [0.2, 0.25) is 0 Å². The number of alkyl halides is 1. The van der Waals surface area contributed by atoms with E-state index >= 15 is 0 Å². The maximum absolute atomic E-state index is 12.0. The van der Waals surface area contributed by atoms with Crippen LogP contribution in [0.2, 0.25) is 0 Å². The summed E-state index contributed by atoms with van der Waals surface area (Å²) in [7, 11) is 1.61. The van der Waals surface area contributed by atoms with Crippen LogP contribution < -0.4 is 4.74 Å². The SMILES string of the molecule is COc1csc(C(=O)N2CCC(Br)C2)c1. The molecule has 1 saturated heterocycles. The quantitative estimate of drug-likeness (QED) is 0.783. The zero-order chi connectivity index (χ0) is 10.8. The first-order chi connectivity index (χ1) is 7.20. The molecule has 82 valence electrons. The average molecular weight is 290 g/mol. The number of carbonyl (C=O) groups is 1. The van der Waals surface area contributed by atoms with Crippen molar-refractivity contribution in [3.63, 3.8) is 0 Å². The lowest BCUT2D eigenvalue weighted by molar-refractivity contribution is 0.0798. The van der Waals surface area contributed by atoms with Gasteiger partial charge in [-0.3, -0.25) is 4.79 Å². The normalized spacial score (nSPS) is 20.7. The number of rotatable bonds is 2. The van der Waals surface area contributed by atoms with Gasteiger partial charge in [0.25, 0.3) is 5.91 Å². The molecule has 1 aromatic heterocycles. The van der Waals surface area contributed by atoms with Crippen molar-refractivity contribution in [2.24, 2.45) is 0 Å². The number of carbonyl (C=O) groups excluding carboxylic acids is 1. The molecular weight excluding hydrogens is 278 g/mol. The predicted molar refractivity (Wildman–Crippen MR) is 64.1 cm³/mol. The average Bonchev–Trinajstić information content (AvgIpc) is 2.84. The molecule has 3 nitrogen and oxygen atoms in total. The lowest BCUT2D eigenvalue weighted by Crippen LogP contribution is -2.27. The molecule has 1 amide bonds. The minimum atomic E-state index is 0.116. The molecule has 0 aliphatic carbocycles. The molecule has 1 fully saturated rings. The van der Waals surface area contributed by atoms with E-state index in [1.165, 1.54) is 11.3 Å². The number of ether oxygens (including phenoxy) is 1. The van der Waals surface area contributed by atoms with Crippen molar-refractivity contribution in [2.75, 3.05) is 20.2 Å². The Hall–Kier alpha value is -0.550. The van der Waals surface area contributed by atoms with Gasteiger partial charge in [-0.2, -0.15) is 0 Å². The van der Waals surface area contributed by atoms with Gasteiger partial charge in [-0.15, -0.1) is 11.3 Å². The van der Waals surface area contributed by atoms with Crippen LogP contribution in [0.5, 0.6) is 5.75 Å². The van der Waals surface area contributed by atoms with Crippen molar-refractivity contribution in [1.82, 2.24) is 4.90 Å². The monoisotopic (exact) mass is 289 g/mol. The standard InChI is InChI=1S/C10H12BrNO2S/c1-14-8-4-9(15-6-8)10(13)12-3-2-7(11)5-12/h4,6-7H,2-3,5H2,1H3. The summed E-state index contributed by atoms with van der Waals surface area (Å²) in [5.74, 6) is 0.878. The first-order valence-electron chi connectivity index (χ1n) is 4.76. The highest BCUT2D eigenvalue weighted by Crippen LogP contribution is 2.25. The van der Waals surface area contributed by atoms with Gasteiger partial charge in [0, 0.05) is 29.4 Å². The molecule has 15 heavy (non-hydrogen) atoms. The molecule has 1 unspecified atom stereocenters. The minimum absolute atomic E-state index is 0.116. The molecule has 0 radical (unpaired) electrons. The number of likely N-dealkylation sites (tertiary alicyclic amines) is 1. The van der Waals surface area contributed by atoms with Crippen molar-refractivity contribution in [1.29, 1.82) is 0 Å². The van der Waals surface area contributed by atoms with Gasteiger partial charge >= 0.3 is 0 Å². The Morgan fingerprint density at radius 1 is 1.73 bits per heavy atom. The molecule has 5 heteroatoms. The fourth-order valence-electron chi connectivity index (χ4n) is 1.60. The molecule has 0 bridgehead atoms. The predicted octanol–water partition coefficient (Wildman–Crippen LogP) is 2.37. The second-order valence-corrected chi connectivity index (χ2v) is 5.69. The van der Waals surface area contributed by atoms with E-state index in [9.17, 15) is 4.79 Å². The number of halogens is 1. The van der Waals surface area contributed by atoms with Crippen LogP contribution in [0.4, 0.5) is 0 Å². The van der Waals surface area contributed by atoms with Gasteiger partial charge in [0.1, 0.15) is 5.75 Å². The van der Waals surface area contributed by atoms with E-state index in [1.54, 1.807) is 13.2 Å². The molecule has 1 aromatic rings. The maximum atomic E-state index is 12.0. The summed E-state index contributed by atoms with van der Waals surface area (Å²) in [5.41, 5.74) is 0. The zero-order valence-corrected chi connectivity index (χ0v) is 10.8. The Bertz CT molecular complexity index is 366. The molecule has 2 heterocycles. The Morgan fingerprint density at radius 3 is 3.07 bits per heavy atom. The summed E-state index contributed by atoms with van der Waals surface area (Å²) in [5, 5.41) is 1.86. The number of hydrogen-bond donors (Lipinski definition) is 0. The maximum Gasteiger partial charge on any atom is 0.264 e. The van der Waals surface area contributed by atoms with Crippen molar-refractivity contribution in [3.8, 4) is 5.75 Å². The highest BCUT2D eigenvalue weighted by molar-refractivity contribution is 9.09. The van der Waals surface area contributed by atoms with Crippen LogP contribution in [-0.2, 0) is 0 Å². The van der Waals surface area contributed by atoms with Crippen LogP contribution in [0.3, 0.4) is 0 Å². The van der Waals surface area contributed by atoms with Crippen LogP contribution in [0, 0.1) is 0 Å². The number of amides is 1. The second-order valence-electron chi connectivity index (χ2n) is 3.49. The Kier molecular flexibility index (Phi) is 3.31. The lowest BCUT2D eigenvalue weighted by atomic mass is 10.4. The van der Waals surface area contributed by atoms with Gasteiger partial charge in [-0.1, -0.05) is 15.9 Å². The van der Waals surface area contributed by atoms with E-state index in [4.69, 9.17) is 4.74 Å². The smallest absolute Gasteiger partial charge is 0.264 e. The Labute approximate surface area is 101 Å². The van der Waals surface area contributed by atoms with Gasteiger partial charge in [-0.05, 0) is 6.42 Å². The number of thiophene rings is 1. The van der Waals surface area contributed by atoms with Crippen molar-refractivity contribution in [3.05, 3.63) is 16.3 Å². The minimum Gasteiger partial charge on any atom is -0.496 e. The largest absolute Gasteiger partial charge is 0.496 e. The fraction of sp³-hybridized carbons (Fsp3) is 0.500. The van der Waals surface area contributed by atoms with Crippen molar-refractivity contribution >= 4 is 33.2 Å². The van der Waals surface area contributed by atoms with E-state index < -0.39 is 0 Å². The first-order valence-corrected chi connectivity index (χ1v) is 6.56. The van der Waals surface area contributed by atoms with E-state index in [1.807, 2.05) is 10.3 Å². The van der Waals surface area contributed by atoms with Crippen molar-refractivity contribution < 1.29 is 9.53 Å². The molecule has 1 aliphatic heterocycles. The third-order valence-corrected chi connectivity index (χ3v) is 4.08. The summed E-state index contributed by atoms with van der Waals surface area (Å²) in [6.07, 6.45) is 1.04. The highest BCUT2D eigenvalue weighted by Gasteiger charge is 2.26. The number of nitrogens with zero attached hydrogens (tertiary/aromatic N) is 1. The molecular formula is C10H12BrNO2S. The van der Waals surface area contributed by atoms with Crippen molar-refractivity contribution in [2.45, 2.75) is 11.2 Å². The van der Waals surface area contributed by atoms with Gasteiger partial charge in [0.05, 0.1) is 12.0 Å². The lowest BCUT2D eigenvalue weighted by Gasteiger charge is -2.13.